The maximum Gasteiger partial charge on any atom is 0.0615 e. The first-order chi connectivity index (χ1) is 7.26. The van der Waals surface area contributed by atoms with Crippen molar-refractivity contribution in [1.29, 1.82) is 0 Å². The zero-order valence-electron chi connectivity index (χ0n) is 10.5. The van der Waals surface area contributed by atoms with Crippen molar-refractivity contribution in [3.8, 4) is 0 Å². The second-order valence-electron chi connectivity index (χ2n) is 4.07. The lowest BCUT2D eigenvalue weighted by atomic mass is 10.2. The maximum atomic E-state index is 5.18. The molecule has 92 valence electrons. The van der Waals surface area contributed by atoms with Crippen LogP contribution in [0.15, 0.2) is 0 Å². The molecule has 0 spiro atoms. The fourth-order valence-corrected chi connectivity index (χ4v) is 2.04. The minimum atomic E-state index is 0.546. The first-order valence-corrected chi connectivity index (χ1v) is 6.73. The highest BCUT2D eigenvalue weighted by Gasteiger charge is 2.10. The molecule has 0 aliphatic heterocycles. The first kappa shape index (κ1) is 15.3. The van der Waals surface area contributed by atoms with Crippen LogP contribution in [0, 0.1) is 0 Å². The van der Waals surface area contributed by atoms with Crippen molar-refractivity contribution in [2.24, 2.45) is 0 Å². The highest BCUT2D eigenvalue weighted by atomic mass is 32.1. The molecule has 0 N–H and O–H groups in total. The van der Waals surface area contributed by atoms with Gasteiger partial charge in [-0.15, -0.1) is 0 Å². The summed E-state index contributed by atoms with van der Waals surface area (Å²) < 4.78 is 5.18. The lowest BCUT2D eigenvalue weighted by Gasteiger charge is -2.27. The number of thiol groups is 1. The summed E-state index contributed by atoms with van der Waals surface area (Å²) in [7, 11) is 1.77. The highest BCUT2D eigenvalue weighted by molar-refractivity contribution is 7.80. The van der Waals surface area contributed by atoms with Crippen LogP contribution in [-0.4, -0.2) is 43.5 Å². The molecule has 3 heteroatoms. The Bertz CT molecular complexity index is 133. The molecule has 2 nitrogen and oxygen atoms in total. The largest absolute Gasteiger partial charge is 0.383 e. The highest BCUT2D eigenvalue weighted by Crippen LogP contribution is 2.05. The molecule has 0 aromatic heterocycles. The van der Waals surface area contributed by atoms with Gasteiger partial charge in [0.25, 0.3) is 0 Å². The van der Waals surface area contributed by atoms with E-state index in [1.165, 1.54) is 32.2 Å². The van der Waals surface area contributed by atoms with Crippen LogP contribution in [0.5, 0.6) is 0 Å². The molecular formula is C12H27NOS. The van der Waals surface area contributed by atoms with Crippen LogP contribution in [0.3, 0.4) is 0 Å². The Balaban J connectivity index is 3.51. The molecule has 0 amide bonds. The molecule has 0 heterocycles. The standard InChI is InChI=1S/C12H27NOS/c1-4-13(12(2)11-14-3)9-7-5-6-8-10-15/h12,15H,4-11H2,1-3H3. The third-order valence-electron chi connectivity index (χ3n) is 2.79. The van der Waals surface area contributed by atoms with Gasteiger partial charge in [-0.05, 0) is 38.6 Å². The van der Waals surface area contributed by atoms with Crippen LogP contribution >= 0.6 is 12.6 Å². The van der Waals surface area contributed by atoms with Crippen LogP contribution < -0.4 is 0 Å². The zero-order chi connectivity index (χ0) is 11.5. The molecule has 0 saturated heterocycles. The molecule has 0 aliphatic carbocycles. The molecule has 1 unspecified atom stereocenters. The van der Waals surface area contributed by atoms with Gasteiger partial charge in [0.15, 0.2) is 0 Å². The number of likely N-dealkylation sites (N-methyl/N-ethyl adjacent to an activating group) is 1. The van der Waals surface area contributed by atoms with Gasteiger partial charge in [-0.25, -0.2) is 0 Å². The van der Waals surface area contributed by atoms with Crippen LogP contribution in [-0.2, 0) is 4.74 Å². The predicted molar refractivity (Wildman–Crippen MR) is 70.9 cm³/mol. The van der Waals surface area contributed by atoms with Crippen molar-refractivity contribution in [3.63, 3.8) is 0 Å². The summed E-state index contributed by atoms with van der Waals surface area (Å²) in [6, 6.07) is 0.546. The van der Waals surface area contributed by atoms with Gasteiger partial charge in [0.2, 0.25) is 0 Å². The molecule has 0 radical (unpaired) electrons. The van der Waals surface area contributed by atoms with Gasteiger partial charge in [-0.3, -0.25) is 4.90 Å². The summed E-state index contributed by atoms with van der Waals surface area (Å²) >= 11 is 4.22. The van der Waals surface area contributed by atoms with E-state index in [9.17, 15) is 0 Å². The molecule has 0 aromatic rings. The molecule has 0 bridgehead atoms. The summed E-state index contributed by atoms with van der Waals surface area (Å²) in [6.07, 6.45) is 5.20. The number of rotatable bonds is 10. The van der Waals surface area contributed by atoms with Gasteiger partial charge in [0, 0.05) is 13.2 Å². The van der Waals surface area contributed by atoms with E-state index in [2.05, 4.69) is 31.4 Å². The number of hydrogen-bond acceptors (Lipinski definition) is 3. The van der Waals surface area contributed by atoms with E-state index in [1.807, 2.05) is 0 Å². The van der Waals surface area contributed by atoms with E-state index in [4.69, 9.17) is 4.74 Å². The second kappa shape index (κ2) is 10.8. The van der Waals surface area contributed by atoms with Crippen molar-refractivity contribution < 1.29 is 4.74 Å². The van der Waals surface area contributed by atoms with Crippen LogP contribution in [0.25, 0.3) is 0 Å². The quantitative estimate of drug-likeness (QED) is 0.460. The Hall–Kier alpha value is 0.270. The summed E-state index contributed by atoms with van der Waals surface area (Å²) in [6.45, 7) is 7.62. The van der Waals surface area contributed by atoms with E-state index in [0.29, 0.717) is 6.04 Å². The van der Waals surface area contributed by atoms with E-state index in [0.717, 1.165) is 18.9 Å². The molecule has 0 saturated carbocycles. The molecule has 0 rings (SSSR count). The van der Waals surface area contributed by atoms with Gasteiger partial charge in [-0.2, -0.15) is 12.6 Å². The Morgan fingerprint density at radius 1 is 1.20 bits per heavy atom. The number of ether oxygens (including phenoxy) is 1. The van der Waals surface area contributed by atoms with Crippen molar-refractivity contribution in [2.45, 2.75) is 45.6 Å². The molecule has 0 fully saturated rings. The molecular weight excluding hydrogens is 206 g/mol. The maximum absolute atomic E-state index is 5.18. The zero-order valence-corrected chi connectivity index (χ0v) is 11.4. The minimum Gasteiger partial charge on any atom is -0.383 e. The predicted octanol–water partition coefficient (Wildman–Crippen LogP) is 2.83. The fourth-order valence-electron chi connectivity index (χ4n) is 1.82. The molecule has 0 aromatic carbocycles. The average molecular weight is 233 g/mol. The van der Waals surface area contributed by atoms with Gasteiger partial charge in [-0.1, -0.05) is 19.8 Å². The van der Waals surface area contributed by atoms with Gasteiger partial charge in [0.1, 0.15) is 0 Å². The van der Waals surface area contributed by atoms with Gasteiger partial charge in [0.05, 0.1) is 6.61 Å². The summed E-state index contributed by atoms with van der Waals surface area (Å²) in [5.41, 5.74) is 0. The summed E-state index contributed by atoms with van der Waals surface area (Å²) in [5, 5.41) is 0. The Morgan fingerprint density at radius 3 is 2.40 bits per heavy atom. The normalized spacial score (nSPS) is 13.4. The number of nitrogens with zero attached hydrogens (tertiary/aromatic N) is 1. The van der Waals surface area contributed by atoms with Gasteiger partial charge >= 0.3 is 0 Å². The second-order valence-corrected chi connectivity index (χ2v) is 4.52. The number of unbranched alkanes of at least 4 members (excludes halogenated alkanes) is 3. The summed E-state index contributed by atoms with van der Waals surface area (Å²) in [4.78, 5) is 2.49. The third-order valence-corrected chi connectivity index (χ3v) is 3.11. The molecule has 1 atom stereocenters. The SMILES string of the molecule is CCN(CCCCCCS)C(C)COC. The van der Waals surface area contributed by atoms with Crippen LogP contribution in [0.2, 0.25) is 0 Å². The number of hydrogen-bond donors (Lipinski definition) is 1. The van der Waals surface area contributed by atoms with Gasteiger partial charge < -0.3 is 4.74 Å². The van der Waals surface area contributed by atoms with Crippen LogP contribution in [0.1, 0.15) is 39.5 Å². The topological polar surface area (TPSA) is 12.5 Å². The van der Waals surface area contributed by atoms with E-state index in [1.54, 1.807) is 7.11 Å². The van der Waals surface area contributed by atoms with Crippen molar-refractivity contribution in [3.05, 3.63) is 0 Å². The number of methoxy groups -OCH3 is 1. The smallest absolute Gasteiger partial charge is 0.0615 e. The Labute approximate surface area is 101 Å². The summed E-state index contributed by atoms with van der Waals surface area (Å²) in [5.74, 6) is 1.03. The third kappa shape index (κ3) is 8.12. The Kier molecular flexibility index (Phi) is 11.0. The van der Waals surface area contributed by atoms with E-state index >= 15 is 0 Å². The first-order valence-electron chi connectivity index (χ1n) is 6.10. The van der Waals surface area contributed by atoms with Crippen molar-refractivity contribution >= 4 is 12.6 Å². The Morgan fingerprint density at radius 2 is 1.87 bits per heavy atom. The molecule has 15 heavy (non-hydrogen) atoms. The lowest BCUT2D eigenvalue weighted by molar-refractivity contribution is 0.101. The fraction of sp³-hybridized carbons (Fsp3) is 1.00. The van der Waals surface area contributed by atoms with Crippen molar-refractivity contribution in [1.82, 2.24) is 4.90 Å². The van der Waals surface area contributed by atoms with Crippen molar-refractivity contribution in [2.75, 3.05) is 32.6 Å². The van der Waals surface area contributed by atoms with Crippen LogP contribution in [0.4, 0.5) is 0 Å². The minimum absolute atomic E-state index is 0.546. The van der Waals surface area contributed by atoms with E-state index < -0.39 is 0 Å². The molecule has 0 aliphatic rings. The monoisotopic (exact) mass is 233 g/mol. The average Bonchev–Trinajstić information content (AvgIpc) is 2.23. The lowest BCUT2D eigenvalue weighted by Crippen LogP contribution is -2.36. The van der Waals surface area contributed by atoms with E-state index in [-0.39, 0.29) is 0 Å².